The van der Waals surface area contributed by atoms with Crippen LogP contribution in [0.1, 0.15) is 17.3 Å². The van der Waals surface area contributed by atoms with E-state index in [0.29, 0.717) is 5.56 Å². The van der Waals surface area contributed by atoms with Crippen LogP contribution in [-0.4, -0.2) is 10.5 Å². The zero-order valence-corrected chi connectivity index (χ0v) is 14.6. The number of carbonyl (C=O) groups is 1. The van der Waals surface area contributed by atoms with Gasteiger partial charge in [0.1, 0.15) is 0 Å². The number of fused-ring (bicyclic) bond motifs is 1. The monoisotopic (exact) mass is 340 g/mol. The molecule has 0 aliphatic carbocycles. The highest BCUT2D eigenvalue weighted by Gasteiger charge is 2.14. The molecule has 1 amide bonds. The highest BCUT2D eigenvalue weighted by Crippen LogP contribution is 2.35. The number of carbonyl (C=O) groups excluding carboxylic acids is 1. The summed E-state index contributed by atoms with van der Waals surface area (Å²) in [5.41, 5.74) is 4.83. The Hall–Kier alpha value is -3.33. The first kappa shape index (κ1) is 16.2. The van der Waals surface area contributed by atoms with Crippen LogP contribution in [0.4, 0.5) is 5.69 Å². The number of benzene rings is 3. The van der Waals surface area contributed by atoms with Gasteiger partial charge in [0.05, 0.1) is 0 Å². The highest BCUT2D eigenvalue weighted by molar-refractivity contribution is 6.08. The molecule has 1 aromatic heterocycles. The summed E-state index contributed by atoms with van der Waals surface area (Å²) in [7, 11) is 0. The molecule has 3 heteroatoms. The van der Waals surface area contributed by atoms with Crippen LogP contribution in [0.3, 0.4) is 0 Å². The second-order valence-electron chi connectivity index (χ2n) is 6.21. The third kappa shape index (κ3) is 2.88. The number of aryl methyl sites for hydroxylation is 1. The fourth-order valence-electron chi connectivity index (χ4n) is 3.33. The van der Waals surface area contributed by atoms with Gasteiger partial charge in [-0.05, 0) is 31.2 Å². The van der Waals surface area contributed by atoms with Crippen LogP contribution in [-0.2, 0) is 6.54 Å². The van der Waals surface area contributed by atoms with E-state index < -0.39 is 0 Å². The van der Waals surface area contributed by atoms with Crippen LogP contribution >= 0.6 is 0 Å². The minimum atomic E-state index is -0.0997. The summed E-state index contributed by atoms with van der Waals surface area (Å²) >= 11 is 0. The first-order valence-corrected chi connectivity index (χ1v) is 8.81. The van der Waals surface area contributed by atoms with E-state index in [1.807, 2.05) is 48.5 Å². The molecule has 0 saturated heterocycles. The molecule has 4 aromatic rings. The van der Waals surface area contributed by atoms with Crippen LogP contribution < -0.4 is 5.32 Å². The number of nitrogens with zero attached hydrogens (tertiary/aromatic N) is 1. The molecule has 0 aliphatic heterocycles. The van der Waals surface area contributed by atoms with E-state index in [1.54, 1.807) is 0 Å². The third-order valence-corrected chi connectivity index (χ3v) is 4.63. The molecule has 3 nitrogen and oxygen atoms in total. The number of hydrogen-bond donors (Lipinski definition) is 1. The lowest BCUT2D eigenvalue weighted by Gasteiger charge is -2.11. The lowest BCUT2D eigenvalue weighted by molar-refractivity contribution is 0.102. The summed E-state index contributed by atoms with van der Waals surface area (Å²) in [5, 5.41) is 4.26. The smallest absolute Gasteiger partial charge is 0.255 e. The Morgan fingerprint density at radius 3 is 2.35 bits per heavy atom. The van der Waals surface area contributed by atoms with Gasteiger partial charge in [0.25, 0.3) is 5.91 Å². The van der Waals surface area contributed by atoms with E-state index in [9.17, 15) is 4.79 Å². The summed E-state index contributed by atoms with van der Waals surface area (Å²) in [4.78, 5) is 12.6. The van der Waals surface area contributed by atoms with Gasteiger partial charge in [0, 0.05) is 46.0 Å². The molecule has 4 rings (SSSR count). The van der Waals surface area contributed by atoms with Crippen LogP contribution in [0.15, 0.2) is 85.1 Å². The Morgan fingerprint density at radius 2 is 1.54 bits per heavy atom. The minimum Gasteiger partial charge on any atom is -0.347 e. The Balaban J connectivity index is 1.79. The quantitative estimate of drug-likeness (QED) is 0.517. The van der Waals surface area contributed by atoms with Crippen molar-refractivity contribution in [1.29, 1.82) is 0 Å². The van der Waals surface area contributed by atoms with Gasteiger partial charge in [-0.15, -0.1) is 0 Å². The van der Waals surface area contributed by atoms with E-state index in [-0.39, 0.29) is 5.91 Å². The van der Waals surface area contributed by atoms with Gasteiger partial charge in [-0.25, -0.2) is 0 Å². The molecule has 1 N–H and O–H groups in total. The predicted octanol–water partition coefficient (Wildman–Crippen LogP) is 5.58. The zero-order chi connectivity index (χ0) is 17.9. The molecule has 0 atom stereocenters. The minimum absolute atomic E-state index is 0.0997. The largest absolute Gasteiger partial charge is 0.347 e. The zero-order valence-electron chi connectivity index (χ0n) is 14.6. The summed E-state index contributed by atoms with van der Waals surface area (Å²) in [6.07, 6.45) is 2.16. The van der Waals surface area contributed by atoms with E-state index in [4.69, 9.17) is 0 Å². The predicted molar refractivity (Wildman–Crippen MR) is 107 cm³/mol. The van der Waals surface area contributed by atoms with Gasteiger partial charge < -0.3 is 9.88 Å². The fourth-order valence-corrected chi connectivity index (χ4v) is 3.33. The molecule has 0 aliphatic rings. The van der Waals surface area contributed by atoms with Gasteiger partial charge in [-0.3, -0.25) is 4.79 Å². The molecule has 1 heterocycles. The summed E-state index contributed by atoms with van der Waals surface area (Å²) in [6, 6.07) is 25.6. The van der Waals surface area contributed by atoms with Crippen LogP contribution in [0.5, 0.6) is 0 Å². The van der Waals surface area contributed by atoms with Crippen molar-refractivity contribution in [3.8, 4) is 11.1 Å². The Morgan fingerprint density at radius 1 is 0.846 bits per heavy atom. The molecular formula is C23H20N2O. The Bertz CT molecular complexity index is 1060. The van der Waals surface area contributed by atoms with E-state index in [1.165, 1.54) is 10.9 Å². The van der Waals surface area contributed by atoms with Gasteiger partial charge in [-0.1, -0.05) is 54.6 Å². The molecule has 128 valence electrons. The standard InChI is InChI=1S/C23H20N2O/c1-2-25-16-20(19-13-7-9-15-22(19)25)18-12-6-8-14-21(18)24-23(26)17-10-4-3-5-11-17/h3-16H,2H2,1H3,(H,24,26). The first-order valence-electron chi connectivity index (χ1n) is 8.81. The molecular weight excluding hydrogens is 320 g/mol. The van der Waals surface area contributed by atoms with Crippen molar-refractivity contribution in [2.24, 2.45) is 0 Å². The van der Waals surface area contributed by atoms with Crippen molar-refractivity contribution in [3.05, 3.63) is 90.6 Å². The molecule has 0 bridgehead atoms. The van der Waals surface area contributed by atoms with Gasteiger partial charge in [0.15, 0.2) is 0 Å². The SMILES string of the molecule is CCn1cc(-c2ccccc2NC(=O)c2ccccc2)c2ccccc21. The number of rotatable bonds is 4. The number of aromatic nitrogens is 1. The van der Waals surface area contributed by atoms with E-state index in [0.717, 1.165) is 23.4 Å². The molecule has 0 fully saturated rings. The molecule has 3 aromatic carbocycles. The second-order valence-corrected chi connectivity index (χ2v) is 6.21. The Kier molecular flexibility index (Phi) is 4.28. The summed E-state index contributed by atoms with van der Waals surface area (Å²) < 4.78 is 2.24. The van der Waals surface area contributed by atoms with Gasteiger partial charge in [-0.2, -0.15) is 0 Å². The maximum Gasteiger partial charge on any atom is 0.255 e. The number of amides is 1. The summed E-state index contributed by atoms with van der Waals surface area (Å²) in [5.74, 6) is -0.0997. The van der Waals surface area contributed by atoms with Crippen LogP contribution in [0.25, 0.3) is 22.0 Å². The highest BCUT2D eigenvalue weighted by atomic mass is 16.1. The number of nitrogens with one attached hydrogen (secondary N) is 1. The van der Waals surface area contributed by atoms with Gasteiger partial charge in [0.2, 0.25) is 0 Å². The normalized spacial score (nSPS) is 10.8. The van der Waals surface area contributed by atoms with E-state index >= 15 is 0 Å². The average Bonchev–Trinajstić information content (AvgIpc) is 3.08. The topological polar surface area (TPSA) is 34.0 Å². The number of anilines is 1. The maximum absolute atomic E-state index is 12.6. The van der Waals surface area contributed by atoms with Crippen molar-refractivity contribution >= 4 is 22.5 Å². The van der Waals surface area contributed by atoms with Crippen molar-refractivity contribution in [2.45, 2.75) is 13.5 Å². The molecule has 0 radical (unpaired) electrons. The first-order chi connectivity index (χ1) is 12.8. The molecule has 0 saturated carbocycles. The molecule has 0 unspecified atom stereocenters. The van der Waals surface area contributed by atoms with Gasteiger partial charge >= 0.3 is 0 Å². The maximum atomic E-state index is 12.6. The van der Waals surface area contributed by atoms with Crippen molar-refractivity contribution in [1.82, 2.24) is 4.57 Å². The third-order valence-electron chi connectivity index (χ3n) is 4.63. The van der Waals surface area contributed by atoms with Crippen LogP contribution in [0, 0.1) is 0 Å². The lowest BCUT2D eigenvalue weighted by Crippen LogP contribution is -2.12. The fraction of sp³-hybridized carbons (Fsp3) is 0.0870. The number of para-hydroxylation sites is 2. The lowest BCUT2D eigenvalue weighted by atomic mass is 10.0. The van der Waals surface area contributed by atoms with Crippen molar-refractivity contribution < 1.29 is 4.79 Å². The van der Waals surface area contributed by atoms with Crippen LogP contribution in [0.2, 0.25) is 0 Å². The van der Waals surface area contributed by atoms with E-state index in [2.05, 4.69) is 53.3 Å². The molecule has 26 heavy (non-hydrogen) atoms. The number of hydrogen-bond acceptors (Lipinski definition) is 1. The van der Waals surface area contributed by atoms with Crippen molar-refractivity contribution in [2.75, 3.05) is 5.32 Å². The van der Waals surface area contributed by atoms with Crippen molar-refractivity contribution in [3.63, 3.8) is 0 Å². The second kappa shape index (κ2) is 6.89. The molecule has 0 spiro atoms. The summed E-state index contributed by atoms with van der Waals surface area (Å²) in [6.45, 7) is 3.04. The Labute approximate surface area is 152 Å². The average molecular weight is 340 g/mol.